The fraction of sp³-hybridized carbons (Fsp3) is 0.538. The standard InChI is InChI=1S/C13H19ClN2O/c14-10-5-6-11(15)12(7-10)16-8-9-3-1-2-4-13(9)17/h5-7,9,13,16-17H,1-4,8,15H2. The molecular formula is C13H19ClN2O. The van der Waals surface area contributed by atoms with Gasteiger partial charge >= 0.3 is 0 Å². The van der Waals surface area contributed by atoms with Crippen LogP contribution in [-0.4, -0.2) is 17.8 Å². The van der Waals surface area contributed by atoms with Crippen molar-refractivity contribution in [2.45, 2.75) is 31.8 Å². The van der Waals surface area contributed by atoms with Crippen molar-refractivity contribution < 1.29 is 5.11 Å². The smallest absolute Gasteiger partial charge is 0.0588 e. The van der Waals surface area contributed by atoms with Crippen molar-refractivity contribution in [1.82, 2.24) is 0 Å². The first-order valence-corrected chi connectivity index (χ1v) is 6.51. The zero-order valence-corrected chi connectivity index (χ0v) is 10.6. The summed E-state index contributed by atoms with van der Waals surface area (Å²) in [5.41, 5.74) is 7.41. The Balaban J connectivity index is 1.94. The number of nitrogens with two attached hydrogens (primary N) is 1. The maximum absolute atomic E-state index is 9.87. The van der Waals surface area contributed by atoms with Crippen LogP contribution in [0.25, 0.3) is 0 Å². The fourth-order valence-electron chi connectivity index (χ4n) is 2.35. The van der Waals surface area contributed by atoms with Gasteiger partial charge < -0.3 is 16.2 Å². The maximum atomic E-state index is 9.87. The molecule has 0 bridgehead atoms. The summed E-state index contributed by atoms with van der Waals surface area (Å²) in [6.07, 6.45) is 4.15. The molecule has 1 aliphatic rings. The number of aliphatic hydroxyl groups excluding tert-OH is 1. The van der Waals surface area contributed by atoms with Gasteiger partial charge in [0.25, 0.3) is 0 Å². The molecule has 1 aliphatic carbocycles. The van der Waals surface area contributed by atoms with E-state index >= 15 is 0 Å². The Morgan fingerprint density at radius 2 is 2.12 bits per heavy atom. The first-order valence-electron chi connectivity index (χ1n) is 6.14. The molecule has 4 heteroatoms. The van der Waals surface area contributed by atoms with Gasteiger partial charge in [-0.2, -0.15) is 0 Å². The van der Waals surface area contributed by atoms with Crippen LogP contribution < -0.4 is 11.1 Å². The predicted octanol–water partition coefficient (Wildman–Crippen LogP) is 2.89. The summed E-state index contributed by atoms with van der Waals surface area (Å²) >= 11 is 5.92. The molecule has 1 aromatic rings. The lowest BCUT2D eigenvalue weighted by Crippen LogP contribution is -2.30. The number of halogens is 1. The minimum Gasteiger partial charge on any atom is -0.397 e. The van der Waals surface area contributed by atoms with E-state index in [0.29, 0.717) is 16.6 Å². The molecule has 0 aliphatic heterocycles. The van der Waals surface area contributed by atoms with Gasteiger partial charge in [-0.05, 0) is 31.0 Å². The van der Waals surface area contributed by atoms with Gasteiger partial charge in [0.1, 0.15) is 0 Å². The zero-order valence-electron chi connectivity index (χ0n) is 9.82. The molecule has 0 spiro atoms. The van der Waals surface area contributed by atoms with E-state index in [1.54, 1.807) is 12.1 Å². The van der Waals surface area contributed by atoms with E-state index < -0.39 is 0 Å². The van der Waals surface area contributed by atoms with Crippen LogP contribution >= 0.6 is 11.6 Å². The van der Waals surface area contributed by atoms with Crippen molar-refractivity contribution in [3.63, 3.8) is 0 Å². The van der Waals surface area contributed by atoms with Gasteiger partial charge in [0, 0.05) is 17.5 Å². The molecule has 1 saturated carbocycles. The second-order valence-corrected chi connectivity index (χ2v) is 5.16. The third kappa shape index (κ3) is 3.27. The molecule has 2 unspecified atom stereocenters. The first kappa shape index (κ1) is 12.5. The van der Waals surface area contributed by atoms with Gasteiger partial charge in [0.2, 0.25) is 0 Å². The van der Waals surface area contributed by atoms with Crippen molar-refractivity contribution in [3.05, 3.63) is 23.2 Å². The van der Waals surface area contributed by atoms with E-state index in [0.717, 1.165) is 31.5 Å². The Kier molecular flexibility index (Phi) is 4.13. The van der Waals surface area contributed by atoms with Crippen molar-refractivity contribution in [2.75, 3.05) is 17.6 Å². The highest BCUT2D eigenvalue weighted by atomic mass is 35.5. The highest BCUT2D eigenvalue weighted by Gasteiger charge is 2.22. The summed E-state index contributed by atoms with van der Waals surface area (Å²) in [5, 5.41) is 13.8. The number of rotatable bonds is 3. The molecule has 0 aromatic heterocycles. The number of nitrogens with one attached hydrogen (secondary N) is 1. The molecule has 2 rings (SSSR count). The molecule has 2 atom stereocenters. The third-order valence-electron chi connectivity index (χ3n) is 3.44. The molecule has 0 radical (unpaired) electrons. The average molecular weight is 255 g/mol. The lowest BCUT2D eigenvalue weighted by atomic mass is 9.86. The number of anilines is 2. The van der Waals surface area contributed by atoms with Crippen molar-refractivity contribution in [2.24, 2.45) is 5.92 Å². The van der Waals surface area contributed by atoms with E-state index in [4.69, 9.17) is 17.3 Å². The van der Waals surface area contributed by atoms with Crippen LogP contribution in [0.3, 0.4) is 0 Å². The minimum atomic E-state index is -0.184. The van der Waals surface area contributed by atoms with Gasteiger partial charge in [-0.3, -0.25) is 0 Å². The summed E-state index contributed by atoms with van der Waals surface area (Å²) in [5.74, 6) is 0.321. The SMILES string of the molecule is Nc1ccc(Cl)cc1NCC1CCCCC1O. The molecule has 0 saturated heterocycles. The van der Waals surface area contributed by atoms with Crippen LogP contribution in [0.15, 0.2) is 18.2 Å². The van der Waals surface area contributed by atoms with Crippen LogP contribution in [0.5, 0.6) is 0 Å². The monoisotopic (exact) mass is 254 g/mol. The number of nitrogen functional groups attached to an aromatic ring is 1. The van der Waals surface area contributed by atoms with E-state index in [9.17, 15) is 5.11 Å². The quantitative estimate of drug-likeness (QED) is 0.727. The molecule has 0 heterocycles. The highest BCUT2D eigenvalue weighted by Crippen LogP contribution is 2.27. The molecule has 1 aromatic carbocycles. The second kappa shape index (κ2) is 5.61. The summed E-state index contributed by atoms with van der Waals surface area (Å²) in [7, 11) is 0. The highest BCUT2D eigenvalue weighted by molar-refractivity contribution is 6.31. The number of aliphatic hydroxyl groups is 1. The summed E-state index contributed by atoms with van der Waals surface area (Å²) < 4.78 is 0. The number of benzene rings is 1. The van der Waals surface area contributed by atoms with Crippen LogP contribution in [-0.2, 0) is 0 Å². The third-order valence-corrected chi connectivity index (χ3v) is 3.67. The van der Waals surface area contributed by atoms with Gasteiger partial charge in [-0.1, -0.05) is 24.4 Å². The predicted molar refractivity (Wildman–Crippen MR) is 72.3 cm³/mol. The summed E-state index contributed by atoms with van der Waals surface area (Å²) in [4.78, 5) is 0. The Morgan fingerprint density at radius 3 is 2.88 bits per heavy atom. The van der Waals surface area contributed by atoms with Crippen LogP contribution in [0.4, 0.5) is 11.4 Å². The van der Waals surface area contributed by atoms with E-state index in [2.05, 4.69) is 5.32 Å². The van der Waals surface area contributed by atoms with E-state index in [1.165, 1.54) is 6.42 Å². The van der Waals surface area contributed by atoms with Crippen LogP contribution in [0, 0.1) is 5.92 Å². The summed E-state index contributed by atoms with van der Waals surface area (Å²) in [6.45, 7) is 0.756. The van der Waals surface area contributed by atoms with Gasteiger partial charge in [0.05, 0.1) is 17.5 Å². The first-order chi connectivity index (χ1) is 8.16. The molecular weight excluding hydrogens is 236 g/mol. The topological polar surface area (TPSA) is 58.3 Å². The van der Waals surface area contributed by atoms with Crippen molar-refractivity contribution in [1.29, 1.82) is 0 Å². The second-order valence-electron chi connectivity index (χ2n) is 4.72. The lowest BCUT2D eigenvalue weighted by molar-refractivity contribution is 0.0763. The van der Waals surface area contributed by atoms with Gasteiger partial charge in [-0.25, -0.2) is 0 Å². The van der Waals surface area contributed by atoms with E-state index in [1.807, 2.05) is 6.07 Å². The van der Waals surface area contributed by atoms with Crippen LogP contribution in [0.1, 0.15) is 25.7 Å². The van der Waals surface area contributed by atoms with Crippen LogP contribution in [0.2, 0.25) is 5.02 Å². The van der Waals surface area contributed by atoms with Gasteiger partial charge in [-0.15, -0.1) is 0 Å². The number of hydrogen-bond donors (Lipinski definition) is 3. The maximum Gasteiger partial charge on any atom is 0.0588 e. The largest absolute Gasteiger partial charge is 0.397 e. The Morgan fingerprint density at radius 1 is 1.35 bits per heavy atom. The summed E-state index contributed by atoms with van der Waals surface area (Å²) in [6, 6.07) is 5.39. The zero-order chi connectivity index (χ0) is 12.3. The Labute approximate surface area is 107 Å². The lowest BCUT2D eigenvalue weighted by Gasteiger charge is -2.28. The Bertz CT molecular complexity index is 384. The Hall–Kier alpha value is -0.930. The molecule has 94 valence electrons. The normalized spacial score (nSPS) is 24.6. The molecule has 4 N–H and O–H groups in total. The minimum absolute atomic E-state index is 0.184. The number of hydrogen-bond acceptors (Lipinski definition) is 3. The molecule has 3 nitrogen and oxygen atoms in total. The van der Waals surface area contributed by atoms with Gasteiger partial charge in [0.15, 0.2) is 0 Å². The van der Waals surface area contributed by atoms with Crippen molar-refractivity contribution >= 4 is 23.0 Å². The molecule has 1 fully saturated rings. The van der Waals surface area contributed by atoms with E-state index in [-0.39, 0.29) is 6.10 Å². The average Bonchev–Trinajstić information content (AvgIpc) is 2.32. The van der Waals surface area contributed by atoms with Crippen molar-refractivity contribution in [3.8, 4) is 0 Å². The molecule has 0 amide bonds. The fourth-order valence-corrected chi connectivity index (χ4v) is 2.52. The molecule has 17 heavy (non-hydrogen) atoms.